The van der Waals surface area contributed by atoms with Crippen LogP contribution in [0.15, 0.2) is 10.6 Å². The zero-order valence-electron chi connectivity index (χ0n) is 15.7. The molecule has 3 aromatic rings. The molecule has 0 aliphatic rings. The monoisotopic (exact) mass is 360 g/mol. The lowest BCUT2D eigenvalue weighted by atomic mass is 9.92. The molecule has 6 nitrogen and oxygen atoms in total. The van der Waals surface area contributed by atoms with Gasteiger partial charge < -0.3 is 9.84 Å². The Bertz CT molecular complexity index is 926. The molecule has 7 heteroatoms. The van der Waals surface area contributed by atoms with Gasteiger partial charge in [0.25, 0.3) is 5.91 Å². The summed E-state index contributed by atoms with van der Waals surface area (Å²) in [6, 6.07) is 1.95. The van der Waals surface area contributed by atoms with Crippen LogP contribution in [0, 0.1) is 13.8 Å². The molecule has 0 spiro atoms. The van der Waals surface area contributed by atoms with Crippen LogP contribution in [0.25, 0.3) is 10.2 Å². The molecule has 0 aliphatic heterocycles. The van der Waals surface area contributed by atoms with Crippen LogP contribution in [0.5, 0.6) is 0 Å². The quantitative estimate of drug-likeness (QED) is 0.762. The first-order valence-corrected chi connectivity index (χ1v) is 9.15. The number of rotatable bonds is 4. The van der Waals surface area contributed by atoms with Crippen molar-refractivity contribution in [1.29, 1.82) is 0 Å². The minimum atomic E-state index is -0.569. The lowest BCUT2D eigenvalue weighted by Gasteiger charge is -2.26. The van der Waals surface area contributed by atoms with Gasteiger partial charge in [0.15, 0.2) is 0 Å². The van der Waals surface area contributed by atoms with Gasteiger partial charge >= 0.3 is 0 Å². The van der Waals surface area contributed by atoms with E-state index in [4.69, 9.17) is 4.52 Å². The molecule has 3 aromatic heterocycles. The summed E-state index contributed by atoms with van der Waals surface area (Å²) < 4.78 is 7.10. The van der Waals surface area contributed by atoms with E-state index in [0.29, 0.717) is 10.8 Å². The summed E-state index contributed by atoms with van der Waals surface area (Å²) in [7, 11) is 1.92. The van der Waals surface area contributed by atoms with Crippen LogP contribution < -0.4 is 5.32 Å². The zero-order valence-corrected chi connectivity index (χ0v) is 16.5. The standard InChI is InChI=1S/C18H24N4O2S/c1-9(2)15-12-8-13(25-17(12)22(7)20-15)16(23)19-18(5,6)14-10(3)21-24-11(14)4/h8-9H,1-7H3,(H,19,23). The largest absolute Gasteiger partial charge is 0.361 e. The number of aromatic nitrogens is 3. The maximum Gasteiger partial charge on any atom is 0.262 e. The van der Waals surface area contributed by atoms with Gasteiger partial charge in [-0.3, -0.25) is 9.48 Å². The molecule has 0 saturated carbocycles. The van der Waals surface area contributed by atoms with Crippen LogP contribution in [0.4, 0.5) is 0 Å². The van der Waals surface area contributed by atoms with E-state index in [-0.39, 0.29) is 5.91 Å². The summed E-state index contributed by atoms with van der Waals surface area (Å²) in [5, 5.41) is 12.7. The van der Waals surface area contributed by atoms with Gasteiger partial charge in [0.1, 0.15) is 10.6 Å². The van der Waals surface area contributed by atoms with Crippen LogP contribution in [0.1, 0.15) is 66.0 Å². The second-order valence-electron chi connectivity index (χ2n) is 7.27. The molecule has 25 heavy (non-hydrogen) atoms. The fourth-order valence-corrected chi connectivity index (χ4v) is 4.36. The highest BCUT2D eigenvalue weighted by molar-refractivity contribution is 7.20. The van der Waals surface area contributed by atoms with E-state index in [0.717, 1.165) is 32.9 Å². The highest BCUT2D eigenvalue weighted by Gasteiger charge is 2.31. The molecular weight excluding hydrogens is 336 g/mol. The molecule has 0 aromatic carbocycles. The average molecular weight is 360 g/mol. The third-order valence-electron chi connectivity index (χ3n) is 4.40. The molecule has 0 atom stereocenters. The average Bonchev–Trinajstić information content (AvgIpc) is 3.14. The molecule has 3 heterocycles. The number of thiophene rings is 1. The molecule has 1 N–H and O–H groups in total. The molecule has 1 amide bonds. The minimum Gasteiger partial charge on any atom is -0.361 e. The molecule has 134 valence electrons. The van der Waals surface area contributed by atoms with Gasteiger partial charge in [-0.25, -0.2) is 0 Å². The second kappa shape index (κ2) is 5.98. The van der Waals surface area contributed by atoms with Gasteiger partial charge in [-0.1, -0.05) is 19.0 Å². The van der Waals surface area contributed by atoms with Gasteiger partial charge in [-0.05, 0) is 39.7 Å². The number of aryl methyl sites for hydroxylation is 3. The van der Waals surface area contributed by atoms with Crippen molar-refractivity contribution >= 4 is 27.5 Å². The third-order valence-corrected chi connectivity index (χ3v) is 5.60. The van der Waals surface area contributed by atoms with E-state index in [1.165, 1.54) is 11.3 Å². The Morgan fingerprint density at radius 2 is 2.04 bits per heavy atom. The Balaban J connectivity index is 1.94. The number of amides is 1. The topological polar surface area (TPSA) is 73.0 Å². The van der Waals surface area contributed by atoms with E-state index in [1.54, 1.807) is 0 Å². The van der Waals surface area contributed by atoms with Crippen LogP contribution >= 0.6 is 11.3 Å². The first-order valence-electron chi connectivity index (χ1n) is 8.34. The zero-order chi connectivity index (χ0) is 18.5. The molecule has 0 saturated heterocycles. The molecule has 0 radical (unpaired) electrons. The Hall–Kier alpha value is -2.15. The fourth-order valence-electron chi connectivity index (χ4n) is 3.39. The summed E-state index contributed by atoms with van der Waals surface area (Å²) in [4.78, 5) is 14.6. The smallest absolute Gasteiger partial charge is 0.262 e. The van der Waals surface area contributed by atoms with Gasteiger partial charge in [0.05, 0.1) is 21.8 Å². The van der Waals surface area contributed by atoms with Crippen LogP contribution in [-0.2, 0) is 12.6 Å². The third kappa shape index (κ3) is 2.97. The Kier molecular flexibility index (Phi) is 4.23. The van der Waals surface area contributed by atoms with E-state index < -0.39 is 5.54 Å². The van der Waals surface area contributed by atoms with Crippen molar-refractivity contribution < 1.29 is 9.32 Å². The first kappa shape index (κ1) is 17.7. The number of nitrogens with zero attached hydrogens (tertiary/aromatic N) is 3. The van der Waals surface area contributed by atoms with Crippen molar-refractivity contribution in [3.05, 3.63) is 33.7 Å². The van der Waals surface area contributed by atoms with Crippen molar-refractivity contribution in [3.63, 3.8) is 0 Å². The van der Waals surface area contributed by atoms with Crippen molar-refractivity contribution in [2.75, 3.05) is 0 Å². The van der Waals surface area contributed by atoms with Gasteiger partial charge in [-0.15, -0.1) is 11.3 Å². The minimum absolute atomic E-state index is 0.0964. The summed E-state index contributed by atoms with van der Waals surface area (Å²) >= 11 is 1.47. The van der Waals surface area contributed by atoms with E-state index in [9.17, 15) is 4.79 Å². The highest BCUT2D eigenvalue weighted by atomic mass is 32.1. The maximum atomic E-state index is 12.9. The number of hydrogen-bond acceptors (Lipinski definition) is 5. The molecule has 0 fully saturated rings. The first-order chi connectivity index (χ1) is 11.6. The lowest BCUT2D eigenvalue weighted by molar-refractivity contribution is 0.0915. The summed E-state index contributed by atoms with van der Waals surface area (Å²) in [6.07, 6.45) is 0. The Labute approximate surface area is 151 Å². The van der Waals surface area contributed by atoms with E-state index >= 15 is 0 Å². The van der Waals surface area contributed by atoms with Gasteiger partial charge in [0, 0.05) is 18.0 Å². The highest BCUT2D eigenvalue weighted by Crippen LogP contribution is 2.33. The molecule has 0 unspecified atom stereocenters. The second-order valence-corrected chi connectivity index (χ2v) is 8.30. The van der Waals surface area contributed by atoms with Crippen molar-refractivity contribution in [3.8, 4) is 0 Å². The number of carbonyl (C=O) groups excluding carboxylic acids is 1. The predicted octanol–water partition coefficient (Wildman–Crippen LogP) is 4.03. The fraction of sp³-hybridized carbons (Fsp3) is 0.500. The SMILES string of the molecule is Cc1noc(C)c1C(C)(C)NC(=O)c1cc2c(C(C)C)nn(C)c2s1. The summed E-state index contributed by atoms with van der Waals surface area (Å²) in [5.74, 6) is 0.944. The van der Waals surface area contributed by atoms with Crippen LogP contribution in [0.3, 0.4) is 0 Å². The number of hydrogen-bond donors (Lipinski definition) is 1. The van der Waals surface area contributed by atoms with Crippen LogP contribution in [-0.4, -0.2) is 20.8 Å². The maximum absolute atomic E-state index is 12.9. The molecular formula is C18H24N4O2S. The lowest BCUT2D eigenvalue weighted by Crippen LogP contribution is -2.41. The molecule has 3 rings (SSSR count). The van der Waals surface area contributed by atoms with Crippen molar-refractivity contribution in [1.82, 2.24) is 20.3 Å². The predicted molar refractivity (Wildman–Crippen MR) is 99.1 cm³/mol. The number of nitrogens with one attached hydrogen (secondary N) is 1. The summed E-state index contributed by atoms with van der Waals surface area (Å²) in [6.45, 7) is 11.9. The van der Waals surface area contributed by atoms with E-state index in [2.05, 4.69) is 29.4 Å². The molecule has 0 aliphatic carbocycles. The van der Waals surface area contributed by atoms with Gasteiger partial charge in [-0.2, -0.15) is 5.10 Å². The van der Waals surface area contributed by atoms with Gasteiger partial charge in [0.2, 0.25) is 0 Å². The molecule has 0 bridgehead atoms. The van der Waals surface area contributed by atoms with Crippen LogP contribution in [0.2, 0.25) is 0 Å². The van der Waals surface area contributed by atoms with E-state index in [1.807, 2.05) is 45.5 Å². The normalized spacial score (nSPS) is 12.3. The van der Waals surface area contributed by atoms with Crippen molar-refractivity contribution in [2.24, 2.45) is 7.05 Å². The Morgan fingerprint density at radius 3 is 2.60 bits per heavy atom. The number of fused-ring (bicyclic) bond motifs is 1. The van der Waals surface area contributed by atoms with Crippen molar-refractivity contribution in [2.45, 2.75) is 53.0 Å². The number of carbonyl (C=O) groups is 1. The summed E-state index contributed by atoms with van der Waals surface area (Å²) in [5.41, 5.74) is 2.18. The Morgan fingerprint density at radius 1 is 1.36 bits per heavy atom.